The molecule has 2 rings (SSSR count). The number of hydrogen-bond donors (Lipinski definition) is 6. The summed E-state index contributed by atoms with van der Waals surface area (Å²) in [5, 5.41) is 41.2. The van der Waals surface area contributed by atoms with Crippen LogP contribution in [0.5, 0.6) is 0 Å². The molecule has 10 nitrogen and oxygen atoms in total. The fourth-order valence-corrected chi connectivity index (χ4v) is 4.18. The summed E-state index contributed by atoms with van der Waals surface area (Å²) >= 11 is 0. The highest BCUT2D eigenvalue weighted by Gasteiger charge is 2.52. The summed E-state index contributed by atoms with van der Waals surface area (Å²) in [5.74, 6) is -0.426. The summed E-state index contributed by atoms with van der Waals surface area (Å²) in [7, 11) is 0. The molecule has 10 atom stereocenters. The Labute approximate surface area is 178 Å². The number of ether oxygens (including phenoxy) is 4. The molecule has 0 aromatic carbocycles. The highest BCUT2D eigenvalue weighted by molar-refractivity contribution is 4.99. The minimum Gasteiger partial charge on any atom is -0.394 e. The molecule has 2 aliphatic rings. The van der Waals surface area contributed by atoms with Gasteiger partial charge < -0.3 is 50.8 Å². The Morgan fingerprint density at radius 1 is 0.800 bits per heavy atom. The molecule has 8 N–H and O–H groups in total. The molecule has 0 aromatic heterocycles. The molecule has 0 bridgehead atoms. The number of rotatable bonds is 5. The first-order chi connectivity index (χ1) is 13.7. The molecule has 0 spiro atoms. The number of aliphatic hydroxyl groups is 4. The quantitative estimate of drug-likeness (QED) is 0.303. The van der Waals surface area contributed by atoms with Gasteiger partial charge in [0.15, 0.2) is 12.6 Å². The monoisotopic (exact) mass is 436 g/mol. The summed E-state index contributed by atoms with van der Waals surface area (Å²) in [6.45, 7) is 10.5. The van der Waals surface area contributed by atoms with Crippen molar-refractivity contribution < 1.29 is 39.4 Å². The van der Waals surface area contributed by atoms with Crippen molar-refractivity contribution in [3.8, 4) is 0 Å². The zero-order valence-electron chi connectivity index (χ0n) is 18.8. The highest BCUT2D eigenvalue weighted by atomic mass is 16.7. The zero-order valence-corrected chi connectivity index (χ0v) is 18.8. The third-order valence-electron chi connectivity index (χ3n) is 5.63. The van der Waals surface area contributed by atoms with Crippen LogP contribution in [0.15, 0.2) is 0 Å². The standard InChI is InChI=1S/C20H40N2O8/c1-19(2,3)11-9(7-23)27-17(12(21)14(11)25)29-16-10(8-24)28-18(13(22)15(16)26)30-20(4,5)6/h9-18,23-26H,7-8,21-22H2,1-6H3/t9?,10?,11-,12+,13+,14?,15?,16-,17+,18+/m1/s1. The average Bonchev–Trinajstić information content (AvgIpc) is 2.62. The summed E-state index contributed by atoms with van der Waals surface area (Å²) in [5.41, 5.74) is 11.4. The molecule has 2 saturated heterocycles. The van der Waals surface area contributed by atoms with Gasteiger partial charge in [-0.2, -0.15) is 0 Å². The van der Waals surface area contributed by atoms with Gasteiger partial charge in [0.1, 0.15) is 18.3 Å². The van der Waals surface area contributed by atoms with E-state index in [4.69, 9.17) is 30.4 Å². The molecule has 2 aliphatic heterocycles. The smallest absolute Gasteiger partial charge is 0.176 e. The third-order valence-corrected chi connectivity index (χ3v) is 5.63. The van der Waals surface area contributed by atoms with Gasteiger partial charge in [0.05, 0.1) is 43.1 Å². The van der Waals surface area contributed by atoms with E-state index in [0.29, 0.717) is 0 Å². The highest BCUT2D eigenvalue weighted by Crippen LogP contribution is 2.39. The van der Waals surface area contributed by atoms with E-state index < -0.39 is 73.3 Å². The minimum atomic E-state index is -1.25. The first-order valence-electron chi connectivity index (χ1n) is 10.4. The van der Waals surface area contributed by atoms with Crippen molar-refractivity contribution in [3.05, 3.63) is 0 Å². The van der Waals surface area contributed by atoms with E-state index in [1.165, 1.54) is 0 Å². The van der Waals surface area contributed by atoms with Crippen molar-refractivity contribution in [2.75, 3.05) is 13.2 Å². The maximum absolute atomic E-state index is 10.8. The molecule has 0 aliphatic carbocycles. The van der Waals surface area contributed by atoms with E-state index in [9.17, 15) is 20.4 Å². The van der Waals surface area contributed by atoms with Crippen LogP contribution in [0.2, 0.25) is 0 Å². The van der Waals surface area contributed by atoms with Crippen LogP contribution >= 0.6 is 0 Å². The molecule has 0 aromatic rings. The van der Waals surface area contributed by atoms with Crippen LogP contribution in [-0.2, 0) is 18.9 Å². The van der Waals surface area contributed by atoms with E-state index in [-0.39, 0.29) is 12.0 Å². The summed E-state index contributed by atoms with van der Waals surface area (Å²) in [6.07, 6.45) is -7.08. The fourth-order valence-electron chi connectivity index (χ4n) is 4.18. The molecule has 0 radical (unpaired) electrons. The molecular formula is C20H40N2O8. The van der Waals surface area contributed by atoms with Gasteiger partial charge in [-0.05, 0) is 26.2 Å². The predicted octanol–water partition coefficient (Wildman–Crippen LogP) is -1.34. The fraction of sp³-hybridized carbons (Fsp3) is 1.00. The lowest BCUT2D eigenvalue weighted by Gasteiger charge is -2.50. The average molecular weight is 437 g/mol. The van der Waals surface area contributed by atoms with Crippen LogP contribution in [0.1, 0.15) is 41.5 Å². The minimum absolute atomic E-state index is 0.334. The molecule has 10 heteroatoms. The van der Waals surface area contributed by atoms with E-state index in [1.807, 2.05) is 41.5 Å². The Morgan fingerprint density at radius 3 is 1.77 bits per heavy atom. The Morgan fingerprint density at radius 2 is 1.30 bits per heavy atom. The van der Waals surface area contributed by atoms with Crippen molar-refractivity contribution in [1.82, 2.24) is 0 Å². The second kappa shape index (κ2) is 9.62. The van der Waals surface area contributed by atoms with Gasteiger partial charge in [0.2, 0.25) is 0 Å². The van der Waals surface area contributed by atoms with Crippen molar-refractivity contribution in [2.45, 2.75) is 102 Å². The zero-order chi connectivity index (χ0) is 23.0. The molecular weight excluding hydrogens is 396 g/mol. The largest absolute Gasteiger partial charge is 0.394 e. The van der Waals surface area contributed by atoms with E-state index in [0.717, 1.165) is 0 Å². The first kappa shape index (κ1) is 25.9. The second-order valence-electron chi connectivity index (χ2n) is 10.3. The second-order valence-corrected chi connectivity index (χ2v) is 10.3. The molecule has 0 saturated carbocycles. The summed E-state index contributed by atoms with van der Waals surface area (Å²) < 4.78 is 23.3. The lowest BCUT2D eigenvalue weighted by atomic mass is 9.71. The lowest BCUT2D eigenvalue weighted by Crippen LogP contribution is -2.68. The van der Waals surface area contributed by atoms with Gasteiger partial charge in [-0.1, -0.05) is 20.8 Å². The van der Waals surface area contributed by atoms with Crippen LogP contribution in [0.4, 0.5) is 0 Å². The summed E-state index contributed by atoms with van der Waals surface area (Å²) in [4.78, 5) is 0. The molecule has 178 valence electrons. The summed E-state index contributed by atoms with van der Waals surface area (Å²) in [6, 6.07) is -1.89. The van der Waals surface area contributed by atoms with Gasteiger partial charge >= 0.3 is 0 Å². The maximum Gasteiger partial charge on any atom is 0.176 e. The van der Waals surface area contributed by atoms with Crippen molar-refractivity contribution in [3.63, 3.8) is 0 Å². The van der Waals surface area contributed by atoms with Gasteiger partial charge in [0.25, 0.3) is 0 Å². The predicted molar refractivity (Wildman–Crippen MR) is 108 cm³/mol. The van der Waals surface area contributed by atoms with Crippen LogP contribution < -0.4 is 11.5 Å². The molecule has 2 fully saturated rings. The van der Waals surface area contributed by atoms with Gasteiger partial charge in [-0.15, -0.1) is 0 Å². The van der Waals surface area contributed by atoms with Crippen molar-refractivity contribution >= 4 is 0 Å². The molecule has 4 unspecified atom stereocenters. The van der Waals surface area contributed by atoms with Gasteiger partial charge in [-0.25, -0.2) is 0 Å². The number of aliphatic hydroxyl groups excluding tert-OH is 4. The lowest BCUT2D eigenvalue weighted by molar-refractivity contribution is -0.337. The van der Waals surface area contributed by atoms with Crippen LogP contribution in [0.25, 0.3) is 0 Å². The van der Waals surface area contributed by atoms with Gasteiger partial charge in [-0.3, -0.25) is 0 Å². The molecule has 2 heterocycles. The molecule has 30 heavy (non-hydrogen) atoms. The normalized spacial score (nSPS) is 43.6. The van der Waals surface area contributed by atoms with Crippen LogP contribution in [-0.4, -0.2) is 94.4 Å². The van der Waals surface area contributed by atoms with Crippen LogP contribution in [0.3, 0.4) is 0 Å². The Bertz CT molecular complexity index is 548. The third kappa shape index (κ3) is 5.69. The van der Waals surface area contributed by atoms with Crippen molar-refractivity contribution in [1.29, 1.82) is 0 Å². The number of nitrogens with two attached hydrogens (primary N) is 2. The Hall–Kier alpha value is -0.400. The van der Waals surface area contributed by atoms with E-state index in [2.05, 4.69) is 0 Å². The van der Waals surface area contributed by atoms with E-state index in [1.54, 1.807) is 0 Å². The maximum atomic E-state index is 10.8. The van der Waals surface area contributed by atoms with Crippen molar-refractivity contribution in [2.24, 2.45) is 22.8 Å². The van der Waals surface area contributed by atoms with Crippen LogP contribution in [0, 0.1) is 11.3 Å². The Kier molecular flexibility index (Phi) is 8.29. The number of hydrogen-bond acceptors (Lipinski definition) is 10. The van der Waals surface area contributed by atoms with Gasteiger partial charge in [0, 0.05) is 5.92 Å². The van der Waals surface area contributed by atoms with E-state index >= 15 is 0 Å². The molecule has 0 amide bonds. The SMILES string of the molecule is CC(C)(C)O[C@@H]1OC(CO)[C@@H](O[C@@H]2OC(CO)[C@@H](C(C)(C)C)C(O)[C@@H]2N)C(O)[C@@H]1N. The Balaban J connectivity index is 2.18. The topological polar surface area (TPSA) is 170 Å². The first-order valence-corrected chi connectivity index (χ1v) is 10.4.